The fourth-order valence-corrected chi connectivity index (χ4v) is 4.31. The Morgan fingerprint density at radius 3 is 2.53 bits per heavy atom. The standard InChI is InChI=1S/C28H26N2O2/c1-20-6-2-3-7-25(20)22-11-9-21(10-12-22)18-30-14-15-32-28-24(19-30)16-23(17-27(28)31)26-8-4-5-13-29-26/h2-13,16-17,31H,14-15,18-19H2,1H3. The van der Waals surface area contributed by atoms with E-state index < -0.39 is 0 Å². The SMILES string of the molecule is Cc1ccccc1-c1ccc(CN2CCOc3c(O)cc(-c4ccccn4)cc3C2)cc1. The van der Waals surface area contributed by atoms with Crippen molar-refractivity contribution in [2.45, 2.75) is 20.0 Å². The van der Waals surface area contributed by atoms with E-state index in [9.17, 15) is 5.11 Å². The Bertz CT molecular complexity index is 1220. The lowest BCUT2D eigenvalue weighted by atomic mass is 9.99. The minimum atomic E-state index is 0.174. The summed E-state index contributed by atoms with van der Waals surface area (Å²) >= 11 is 0. The lowest BCUT2D eigenvalue weighted by Gasteiger charge is -2.20. The first-order valence-electron chi connectivity index (χ1n) is 10.9. The first-order chi connectivity index (χ1) is 15.7. The van der Waals surface area contributed by atoms with E-state index in [0.29, 0.717) is 18.9 Å². The molecular weight excluding hydrogens is 396 g/mol. The molecule has 0 saturated heterocycles. The maximum absolute atomic E-state index is 10.6. The number of phenolic OH excluding ortho intramolecular Hbond substituents is 1. The number of hydrogen-bond donors (Lipinski definition) is 1. The number of aromatic nitrogens is 1. The van der Waals surface area contributed by atoms with Gasteiger partial charge in [0, 0.05) is 37.0 Å². The predicted molar refractivity (Wildman–Crippen MR) is 128 cm³/mol. The highest BCUT2D eigenvalue weighted by molar-refractivity contribution is 5.67. The third kappa shape index (κ3) is 4.23. The molecule has 3 aromatic carbocycles. The fourth-order valence-electron chi connectivity index (χ4n) is 4.31. The molecule has 0 spiro atoms. The summed E-state index contributed by atoms with van der Waals surface area (Å²) in [5.74, 6) is 0.759. The Hall–Kier alpha value is -3.63. The topological polar surface area (TPSA) is 45.6 Å². The van der Waals surface area contributed by atoms with Gasteiger partial charge in [-0.3, -0.25) is 9.88 Å². The van der Waals surface area contributed by atoms with Gasteiger partial charge in [0.1, 0.15) is 6.61 Å². The summed E-state index contributed by atoms with van der Waals surface area (Å²) in [7, 11) is 0. The molecule has 4 nitrogen and oxygen atoms in total. The Balaban J connectivity index is 1.36. The second kappa shape index (κ2) is 8.85. The highest BCUT2D eigenvalue weighted by atomic mass is 16.5. The third-order valence-corrected chi connectivity index (χ3v) is 5.97. The summed E-state index contributed by atoms with van der Waals surface area (Å²) in [5, 5.41) is 10.6. The van der Waals surface area contributed by atoms with Crippen LogP contribution in [0.4, 0.5) is 0 Å². The van der Waals surface area contributed by atoms with E-state index in [1.807, 2.05) is 18.2 Å². The van der Waals surface area contributed by atoms with Gasteiger partial charge in [-0.2, -0.15) is 0 Å². The smallest absolute Gasteiger partial charge is 0.165 e. The molecule has 5 rings (SSSR count). The molecule has 2 heterocycles. The molecular formula is C28H26N2O2. The van der Waals surface area contributed by atoms with Gasteiger partial charge in [-0.25, -0.2) is 0 Å². The zero-order chi connectivity index (χ0) is 21.9. The second-order valence-corrected chi connectivity index (χ2v) is 8.27. The Morgan fingerprint density at radius 1 is 0.938 bits per heavy atom. The van der Waals surface area contributed by atoms with Crippen LogP contribution in [0, 0.1) is 6.92 Å². The number of phenols is 1. The molecule has 1 aliphatic heterocycles. The highest BCUT2D eigenvalue weighted by Crippen LogP contribution is 2.37. The molecule has 4 aromatic rings. The van der Waals surface area contributed by atoms with E-state index in [1.54, 1.807) is 12.3 Å². The molecule has 0 bridgehead atoms. The van der Waals surface area contributed by atoms with E-state index in [4.69, 9.17) is 4.74 Å². The quantitative estimate of drug-likeness (QED) is 0.450. The minimum absolute atomic E-state index is 0.174. The van der Waals surface area contributed by atoms with Crippen molar-refractivity contribution in [1.82, 2.24) is 9.88 Å². The monoisotopic (exact) mass is 422 g/mol. The number of fused-ring (bicyclic) bond motifs is 1. The number of aromatic hydroxyl groups is 1. The van der Waals surface area contributed by atoms with Gasteiger partial charge < -0.3 is 9.84 Å². The zero-order valence-electron chi connectivity index (χ0n) is 18.2. The van der Waals surface area contributed by atoms with Crippen LogP contribution in [-0.4, -0.2) is 28.1 Å². The van der Waals surface area contributed by atoms with E-state index in [-0.39, 0.29) is 5.75 Å². The number of ether oxygens (including phenoxy) is 1. The van der Waals surface area contributed by atoms with Gasteiger partial charge in [-0.1, -0.05) is 54.6 Å². The van der Waals surface area contributed by atoms with Crippen LogP contribution in [0.15, 0.2) is 85.1 Å². The molecule has 0 atom stereocenters. The summed E-state index contributed by atoms with van der Waals surface area (Å²) in [6.07, 6.45) is 1.77. The lowest BCUT2D eigenvalue weighted by Crippen LogP contribution is -2.25. The van der Waals surface area contributed by atoms with E-state index in [2.05, 4.69) is 71.4 Å². The van der Waals surface area contributed by atoms with Crippen LogP contribution in [0.2, 0.25) is 0 Å². The van der Waals surface area contributed by atoms with Crippen molar-refractivity contribution >= 4 is 0 Å². The number of rotatable bonds is 4. The maximum atomic E-state index is 10.6. The summed E-state index contributed by atoms with van der Waals surface area (Å²) in [6.45, 7) is 5.03. The van der Waals surface area contributed by atoms with E-state index in [1.165, 1.54) is 22.3 Å². The van der Waals surface area contributed by atoms with Crippen molar-refractivity contribution in [2.24, 2.45) is 0 Å². The molecule has 1 aliphatic rings. The maximum Gasteiger partial charge on any atom is 0.165 e. The van der Waals surface area contributed by atoms with Crippen molar-refractivity contribution in [1.29, 1.82) is 0 Å². The van der Waals surface area contributed by atoms with Crippen LogP contribution in [0.3, 0.4) is 0 Å². The average Bonchev–Trinajstić information content (AvgIpc) is 3.03. The van der Waals surface area contributed by atoms with Crippen LogP contribution in [0.25, 0.3) is 22.4 Å². The largest absolute Gasteiger partial charge is 0.504 e. The molecule has 0 fully saturated rings. The summed E-state index contributed by atoms with van der Waals surface area (Å²) in [4.78, 5) is 6.78. The number of aryl methyl sites for hydroxylation is 1. The molecule has 32 heavy (non-hydrogen) atoms. The van der Waals surface area contributed by atoms with Crippen molar-refractivity contribution in [3.63, 3.8) is 0 Å². The lowest BCUT2D eigenvalue weighted by molar-refractivity contribution is 0.217. The van der Waals surface area contributed by atoms with Crippen LogP contribution < -0.4 is 4.74 Å². The van der Waals surface area contributed by atoms with Gasteiger partial charge in [0.2, 0.25) is 0 Å². The second-order valence-electron chi connectivity index (χ2n) is 8.27. The molecule has 0 radical (unpaired) electrons. The Labute approximate surface area is 188 Å². The van der Waals surface area contributed by atoms with Crippen molar-refractivity contribution < 1.29 is 9.84 Å². The van der Waals surface area contributed by atoms with Crippen LogP contribution in [-0.2, 0) is 13.1 Å². The Kier molecular flexibility index (Phi) is 5.61. The van der Waals surface area contributed by atoms with Crippen molar-refractivity contribution in [3.8, 4) is 33.9 Å². The van der Waals surface area contributed by atoms with E-state index >= 15 is 0 Å². The third-order valence-electron chi connectivity index (χ3n) is 5.97. The van der Waals surface area contributed by atoms with Gasteiger partial charge in [0.05, 0.1) is 5.69 Å². The molecule has 0 aliphatic carbocycles. The minimum Gasteiger partial charge on any atom is -0.504 e. The van der Waals surface area contributed by atoms with Gasteiger partial charge in [0.15, 0.2) is 11.5 Å². The molecule has 160 valence electrons. The summed E-state index contributed by atoms with van der Waals surface area (Å²) in [5.41, 5.74) is 7.78. The number of hydrogen-bond acceptors (Lipinski definition) is 4. The molecule has 0 amide bonds. The number of pyridine rings is 1. The number of benzene rings is 3. The van der Waals surface area contributed by atoms with Gasteiger partial charge in [0.25, 0.3) is 0 Å². The zero-order valence-corrected chi connectivity index (χ0v) is 18.2. The van der Waals surface area contributed by atoms with Crippen molar-refractivity contribution in [2.75, 3.05) is 13.2 Å². The number of nitrogens with zero attached hydrogens (tertiary/aromatic N) is 2. The predicted octanol–water partition coefficient (Wildman–Crippen LogP) is 5.82. The molecule has 1 N–H and O–H groups in total. The Morgan fingerprint density at radius 2 is 1.75 bits per heavy atom. The van der Waals surface area contributed by atoms with Gasteiger partial charge >= 0.3 is 0 Å². The van der Waals surface area contributed by atoms with E-state index in [0.717, 1.165) is 29.9 Å². The first kappa shape index (κ1) is 20.3. The van der Waals surface area contributed by atoms with Crippen LogP contribution in [0.5, 0.6) is 11.5 Å². The summed E-state index contributed by atoms with van der Waals surface area (Å²) < 4.78 is 5.92. The molecule has 1 aromatic heterocycles. The average molecular weight is 423 g/mol. The van der Waals surface area contributed by atoms with Gasteiger partial charge in [-0.15, -0.1) is 0 Å². The highest BCUT2D eigenvalue weighted by Gasteiger charge is 2.20. The normalized spacial score (nSPS) is 13.8. The van der Waals surface area contributed by atoms with Crippen molar-refractivity contribution in [3.05, 3.63) is 102 Å². The molecule has 0 unspecified atom stereocenters. The molecule has 4 heteroatoms. The molecule has 0 saturated carbocycles. The van der Waals surface area contributed by atoms with Gasteiger partial charge in [-0.05, 0) is 53.4 Å². The summed E-state index contributed by atoms with van der Waals surface area (Å²) in [6, 6.07) is 26.9. The van der Waals surface area contributed by atoms with Crippen LogP contribution in [0.1, 0.15) is 16.7 Å². The van der Waals surface area contributed by atoms with Crippen LogP contribution >= 0.6 is 0 Å². The fraction of sp³-hybridized carbons (Fsp3) is 0.179. The first-order valence-corrected chi connectivity index (χ1v) is 10.9.